The first-order valence-corrected chi connectivity index (χ1v) is 10.0. The fourth-order valence-corrected chi connectivity index (χ4v) is 2.96. The number of nitrogens with two attached hydrogens (primary N) is 1. The maximum absolute atomic E-state index is 11.8. The van der Waals surface area contributed by atoms with Crippen LogP contribution in [0.2, 0.25) is 0 Å². The second kappa shape index (κ2) is 16.7. The number of nitrogens with one attached hydrogen (secondary N) is 3. The van der Waals surface area contributed by atoms with E-state index in [1.807, 2.05) is 0 Å². The molecule has 7 heteroatoms. The number of carboxylic acid groups (broad SMARTS) is 1. The lowest BCUT2D eigenvalue weighted by Gasteiger charge is -2.14. The molecule has 0 fully saturated rings. The maximum Gasteiger partial charge on any atom is 0.303 e. The molecule has 0 aliphatic carbocycles. The lowest BCUT2D eigenvalue weighted by molar-refractivity contribution is -0.138. The molecule has 152 valence electrons. The lowest BCUT2D eigenvalue weighted by Crippen LogP contribution is -2.31. The molecule has 0 saturated carbocycles. The molecule has 1 atom stereocenters. The summed E-state index contributed by atoms with van der Waals surface area (Å²) in [6.07, 6.45) is 10.7. The van der Waals surface area contributed by atoms with Crippen LogP contribution in [0.3, 0.4) is 0 Å². The molecule has 0 heterocycles. The predicted octanol–water partition coefficient (Wildman–Crippen LogP) is 2.99. The van der Waals surface area contributed by atoms with Crippen molar-refractivity contribution in [3.8, 4) is 0 Å². The minimum absolute atomic E-state index is 0.0272. The van der Waals surface area contributed by atoms with E-state index in [1.165, 1.54) is 19.3 Å². The molecule has 1 unspecified atom stereocenters. The van der Waals surface area contributed by atoms with Gasteiger partial charge in [-0.25, -0.2) is 0 Å². The number of hydrogen-bond acceptors (Lipinski definition) is 3. The maximum atomic E-state index is 11.8. The number of amides is 1. The molecule has 0 bridgehead atoms. The zero-order chi connectivity index (χ0) is 19.6. The first kappa shape index (κ1) is 24.2. The van der Waals surface area contributed by atoms with Gasteiger partial charge in [-0.15, -0.1) is 0 Å². The van der Waals surface area contributed by atoms with Crippen molar-refractivity contribution in [2.75, 3.05) is 13.1 Å². The summed E-state index contributed by atoms with van der Waals surface area (Å²) < 4.78 is 0. The summed E-state index contributed by atoms with van der Waals surface area (Å²) in [5.74, 6) is -0.452. The van der Waals surface area contributed by atoms with Gasteiger partial charge in [0.2, 0.25) is 5.91 Å². The number of hydrogen-bond donors (Lipinski definition) is 5. The summed E-state index contributed by atoms with van der Waals surface area (Å²) in [6, 6.07) is 0. The second-order valence-corrected chi connectivity index (χ2v) is 6.96. The van der Waals surface area contributed by atoms with Crippen molar-refractivity contribution < 1.29 is 14.7 Å². The van der Waals surface area contributed by atoms with Gasteiger partial charge in [0, 0.05) is 25.9 Å². The summed E-state index contributed by atoms with van der Waals surface area (Å²) in [7, 11) is 0. The summed E-state index contributed by atoms with van der Waals surface area (Å²) in [4.78, 5) is 22.8. The van der Waals surface area contributed by atoms with Gasteiger partial charge in [0.05, 0.1) is 0 Å². The Labute approximate surface area is 158 Å². The van der Waals surface area contributed by atoms with Gasteiger partial charge in [-0.3, -0.25) is 15.0 Å². The van der Waals surface area contributed by atoms with Gasteiger partial charge in [-0.2, -0.15) is 0 Å². The van der Waals surface area contributed by atoms with Crippen LogP contribution in [-0.4, -0.2) is 36.0 Å². The Balaban J connectivity index is 3.71. The Bertz CT molecular complexity index is 402. The Hall–Kier alpha value is -1.79. The highest BCUT2D eigenvalue weighted by atomic mass is 16.4. The molecule has 0 spiro atoms. The van der Waals surface area contributed by atoms with Crippen LogP contribution >= 0.6 is 0 Å². The molecule has 0 aromatic carbocycles. The van der Waals surface area contributed by atoms with Crippen molar-refractivity contribution in [1.29, 1.82) is 5.41 Å². The van der Waals surface area contributed by atoms with E-state index in [-0.39, 0.29) is 24.2 Å². The van der Waals surface area contributed by atoms with Gasteiger partial charge in [0.15, 0.2) is 5.96 Å². The highest BCUT2D eigenvalue weighted by Gasteiger charge is 2.13. The van der Waals surface area contributed by atoms with E-state index in [0.29, 0.717) is 19.5 Å². The van der Waals surface area contributed by atoms with Crippen LogP contribution in [0.5, 0.6) is 0 Å². The fourth-order valence-electron chi connectivity index (χ4n) is 2.96. The topological polar surface area (TPSA) is 128 Å². The number of unbranched alkanes of at least 4 members (excludes halogenated alkanes) is 5. The van der Waals surface area contributed by atoms with Gasteiger partial charge >= 0.3 is 5.97 Å². The third-order valence-corrected chi connectivity index (χ3v) is 4.44. The largest absolute Gasteiger partial charge is 0.481 e. The summed E-state index contributed by atoms with van der Waals surface area (Å²) >= 11 is 0. The number of carbonyl (C=O) groups excluding carboxylic acids is 1. The molecule has 7 nitrogen and oxygen atoms in total. The lowest BCUT2D eigenvalue weighted by atomic mass is 9.92. The minimum atomic E-state index is -0.720. The van der Waals surface area contributed by atoms with Crippen LogP contribution in [0.15, 0.2) is 0 Å². The third kappa shape index (κ3) is 17.0. The standard InChI is InChI=1S/C19H38N4O3/c1-2-3-4-5-10-16(15-18(25)26)11-6-7-12-17(24)22-13-8-9-14-23-19(20)21/h16H,2-15H2,1H3,(H,22,24)(H,25,26)(H4,20,21,23). The quantitative estimate of drug-likeness (QED) is 0.153. The number of carboxylic acids is 1. The van der Waals surface area contributed by atoms with Gasteiger partial charge in [0.25, 0.3) is 0 Å². The Kier molecular flexibility index (Phi) is 15.5. The highest BCUT2D eigenvalue weighted by molar-refractivity contribution is 5.75. The summed E-state index contributed by atoms with van der Waals surface area (Å²) in [5.41, 5.74) is 5.18. The molecule has 0 radical (unpaired) electrons. The minimum Gasteiger partial charge on any atom is -0.481 e. The molecule has 0 aromatic heterocycles. The molecule has 0 saturated heterocycles. The molecule has 6 N–H and O–H groups in total. The van der Waals surface area contributed by atoms with Crippen LogP contribution < -0.4 is 16.4 Å². The van der Waals surface area contributed by atoms with E-state index in [0.717, 1.165) is 44.9 Å². The van der Waals surface area contributed by atoms with E-state index in [1.54, 1.807) is 0 Å². The van der Waals surface area contributed by atoms with Gasteiger partial charge in [0.1, 0.15) is 0 Å². The van der Waals surface area contributed by atoms with E-state index in [9.17, 15) is 9.59 Å². The van der Waals surface area contributed by atoms with Crippen molar-refractivity contribution in [1.82, 2.24) is 10.6 Å². The molecular weight excluding hydrogens is 332 g/mol. The Morgan fingerprint density at radius 3 is 2.15 bits per heavy atom. The average Bonchev–Trinajstić information content (AvgIpc) is 2.57. The van der Waals surface area contributed by atoms with E-state index in [2.05, 4.69) is 17.6 Å². The van der Waals surface area contributed by atoms with Crippen molar-refractivity contribution >= 4 is 17.8 Å². The molecule has 1 amide bonds. The van der Waals surface area contributed by atoms with Crippen LogP contribution in [0.4, 0.5) is 0 Å². The fraction of sp³-hybridized carbons (Fsp3) is 0.842. The van der Waals surface area contributed by atoms with Crippen LogP contribution in [0, 0.1) is 11.3 Å². The zero-order valence-electron chi connectivity index (χ0n) is 16.3. The van der Waals surface area contributed by atoms with E-state index >= 15 is 0 Å². The molecule has 26 heavy (non-hydrogen) atoms. The van der Waals surface area contributed by atoms with Crippen LogP contribution in [-0.2, 0) is 9.59 Å². The van der Waals surface area contributed by atoms with Crippen molar-refractivity contribution in [3.63, 3.8) is 0 Å². The average molecular weight is 371 g/mol. The van der Waals surface area contributed by atoms with E-state index in [4.69, 9.17) is 16.2 Å². The predicted molar refractivity (Wildman–Crippen MR) is 105 cm³/mol. The third-order valence-electron chi connectivity index (χ3n) is 4.44. The second-order valence-electron chi connectivity index (χ2n) is 6.96. The van der Waals surface area contributed by atoms with Gasteiger partial charge in [-0.1, -0.05) is 39.0 Å². The normalized spacial score (nSPS) is 11.7. The van der Waals surface area contributed by atoms with Crippen LogP contribution in [0.1, 0.15) is 84.0 Å². The summed E-state index contributed by atoms with van der Waals surface area (Å²) in [5, 5.41) is 21.7. The number of aliphatic carboxylic acids is 1. The Morgan fingerprint density at radius 2 is 1.58 bits per heavy atom. The smallest absolute Gasteiger partial charge is 0.303 e. The monoisotopic (exact) mass is 370 g/mol. The van der Waals surface area contributed by atoms with E-state index < -0.39 is 5.97 Å². The molecule has 0 aliphatic heterocycles. The van der Waals surface area contributed by atoms with Crippen LogP contribution in [0.25, 0.3) is 0 Å². The first-order valence-electron chi connectivity index (χ1n) is 10.0. The van der Waals surface area contributed by atoms with Gasteiger partial charge < -0.3 is 21.5 Å². The summed E-state index contributed by atoms with van der Waals surface area (Å²) in [6.45, 7) is 3.45. The molecule has 0 aliphatic rings. The number of rotatable bonds is 17. The van der Waals surface area contributed by atoms with Crippen molar-refractivity contribution in [2.24, 2.45) is 11.7 Å². The van der Waals surface area contributed by atoms with Gasteiger partial charge in [-0.05, 0) is 38.0 Å². The molecule has 0 rings (SSSR count). The Morgan fingerprint density at radius 1 is 0.962 bits per heavy atom. The SMILES string of the molecule is CCCCCCC(CCCCC(=O)NCCCCNC(=N)N)CC(=O)O. The molecule has 0 aromatic rings. The van der Waals surface area contributed by atoms with Crippen molar-refractivity contribution in [2.45, 2.75) is 84.0 Å². The number of guanidine groups is 1. The zero-order valence-corrected chi connectivity index (χ0v) is 16.3. The highest BCUT2D eigenvalue weighted by Crippen LogP contribution is 2.21. The molecular formula is C19H38N4O3. The first-order chi connectivity index (χ1) is 12.5. The van der Waals surface area contributed by atoms with Crippen molar-refractivity contribution in [3.05, 3.63) is 0 Å². The number of carbonyl (C=O) groups is 2.